The third kappa shape index (κ3) is 3.03. The summed E-state index contributed by atoms with van der Waals surface area (Å²) < 4.78 is 6.28. The van der Waals surface area contributed by atoms with Crippen LogP contribution in [-0.2, 0) is 0 Å². The van der Waals surface area contributed by atoms with E-state index in [0.29, 0.717) is 0 Å². The number of benzene rings is 6. The average Bonchev–Trinajstić information content (AvgIpc) is 3.40. The van der Waals surface area contributed by atoms with Crippen LogP contribution in [0, 0.1) is 0 Å². The molecule has 0 saturated heterocycles. The van der Waals surface area contributed by atoms with Crippen LogP contribution in [0.2, 0.25) is 0 Å². The van der Waals surface area contributed by atoms with Crippen LogP contribution in [0.25, 0.3) is 33.1 Å². The Kier molecular flexibility index (Phi) is 4.67. The summed E-state index contributed by atoms with van der Waals surface area (Å²) >= 11 is 1.89. The quantitative estimate of drug-likeness (QED) is 0.212. The van der Waals surface area contributed by atoms with E-state index in [2.05, 4.69) is 132 Å². The summed E-state index contributed by atoms with van der Waals surface area (Å²) in [6.07, 6.45) is 0. The van der Waals surface area contributed by atoms with Gasteiger partial charge in [-0.15, -0.1) is 0 Å². The van der Waals surface area contributed by atoms with Crippen molar-refractivity contribution in [3.8, 4) is 11.1 Å². The van der Waals surface area contributed by atoms with Gasteiger partial charge in [0.25, 0.3) is 0 Å². The molecule has 4 heteroatoms. The molecule has 2 aliphatic heterocycles. The molecular formula is C36H22BNOS. The van der Waals surface area contributed by atoms with E-state index in [0.717, 1.165) is 21.9 Å². The minimum absolute atomic E-state index is 0.213. The van der Waals surface area contributed by atoms with E-state index >= 15 is 0 Å². The molecule has 0 aliphatic carbocycles. The van der Waals surface area contributed by atoms with Crippen LogP contribution in [0.1, 0.15) is 0 Å². The summed E-state index contributed by atoms with van der Waals surface area (Å²) in [5, 5.41) is 2.31. The minimum atomic E-state index is 0.213. The van der Waals surface area contributed by atoms with E-state index in [1.807, 2.05) is 17.8 Å². The molecule has 0 fully saturated rings. The SMILES string of the molecule is c1ccc2c(c1)Sc1cccc3c1B2c1ccccc1N3c1ccccc1-c1cccc2oc3ccccc3c12. The molecule has 0 saturated carbocycles. The predicted molar refractivity (Wildman–Crippen MR) is 169 cm³/mol. The second-order valence-corrected chi connectivity index (χ2v) is 11.5. The second kappa shape index (κ2) is 8.42. The van der Waals surface area contributed by atoms with Gasteiger partial charge < -0.3 is 9.32 Å². The predicted octanol–water partition coefficient (Wildman–Crippen LogP) is 8.02. The van der Waals surface area contributed by atoms with Gasteiger partial charge in [-0.25, -0.2) is 0 Å². The van der Waals surface area contributed by atoms with Gasteiger partial charge in [-0.05, 0) is 59.0 Å². The average molecular weight is 527 g/mol. The Morgan fingerprint density at radius 1 is 0.500 bits per heavy atom. The lowest BCUT2D eigenvalue weighted by Crippen LogP contribution is -2.59. The third-order valence-electron chi connectivity index (χ3n) is 8.35. The lowest BCUT2D eigenvalue weighted by atomic mass is 9.35. The monoisotopic (exact) mass is 527 g/mol. The maximum atomic E-state index is 6.28. The van der Waals surface area contributed by atoms with Crippen LogP contribution >= 0.6 is 11.8 Å². The normalized spacial score (nSPS) is 13.3. The van der Waals surface area contributed by atoms with E-state index < -0.39 is 0 Å². The largest absolute Gasteiger partial charge is 0.456 e. The molecule has 9 rings (SSSR count). The number of rotatable bonds is 2. The van der Waals surface area contributed by atoms with E-state index in [-0.39, 0.29) is 6.71 Å². The molecular weight excluding hydrogens is 505 g/mol. The van der Waals surface area contributed by atoms with E-state index in [9.17, 15) is 0 Å². The van der Waals surface area contributed by atoms with Crippen molar-refractivity contribution in [3.05, 3.63) is 133 Å². The van der Waals surface area contributed by atoms with Crippen molar-refractivity contribution in [1.82, 2.24) is 0 Å². The van der Waals surface area contributed by atoms with Crippen LogP contribution in [0.3, 0.4) is 0 Å². The lowest BCUT2D eigenvalue weighted by Gasteiger charge is -2.40. The molecule has 3 heterocycles. The Hall–Kier alpha value is -4.67. The second-order valence-electron chi connectivity index (χ2n) is 10.5. The zero-order valence-electron chi connectivity index (χ0n) is 21.5. The molecule has 0 unspecified atom stereocenters. The number of hydrogen-bond donors (Lipinski definition) is 0. The number of hydrogen-bond acceptors (Lipinski definition) is 3. The van der Waals surface area contributed by atoms with Gasteiger partial charge in [0.05, 0.1) is 5.69 Å². The number of anilines is 3. The molecule has 1 aromatic heterocycles. The van der Waals surface area contributed by atoms with Crippen molar-refractivity contribution >= 4 is 73.9 Å². The van der Waals surface area contributed by atoms with E-state index in [1.165, 1.54) is 54.4 Å². The number of furan rings is 1. The summed E-state index contributed by atoms with van der Waals surface area (Å²) in [5.41, 5.74) is 12.0. The Balaban J connectivity index is 1.34. The number of nitrogens with zero attached hydrogens (tertiary/aromatic N) is 1. The van der Waals surface area contributed by atoms with Gasteiger partial charge in [-0.3, -0.25) is 0 Å². The zero-order valence-corrected chi connectivity index (χ0v) is 22.4. The maximum absolute atomic E-state index is 6.28. The molecule has 0 N–H and O–H groups in total. The highest BCUT2D eigenvalue weighted by atomic mass is 32.2. The summed E-state index contributed by atoms with van der Waals surface area (Å²) in [6, 6.07) is 48.2. The first-order valence-corrected chi connectivity index (χ1v) is 14.5. The fourth-order valence-corrected chi connectivity index (χ4v) is 7.90. The van der Waals surface area contributed by atoms with Crippen molar-refractivity contribution in [3.63, 3.8) is 0 Å². The van der Waals surface area contributed by atoms with Crippen LogP contribution in [0.4, 0.5) is 17.1 Å². The van der Waals surface area contributed by atoms with E-state index in [1.54, 1.807) is 0 Å². The summed E-state index contributed by atoms with van der Waals surface area (Å²) in [6.45, 7) is 0.213. The van der Waals surface area contributed by atoms with Crippen molar-refractivity contribution in [2.75, 3.05) is 4.90 Å². The van der Waals surface area contributed by atoms with Gasteiger partial charge in [-0.1, -0.05) is 108 Å². The molecule has 2 aliphatic rings. The van der Waals surface area contributed by atoms with Gasteiger partial charge in [0.1, 0.15) is 11.2 Å². The van der Waals surface area contributed by atoms with Gasteiger partial charge >= 0.3 is 0 Å². The highest BCUT2D eigenvalue weighted by Crippen LogP contribution is 2.46. The Bertz CT molecular complexity index is 2130. The van der Waals surface area contributed by atoms with Crippen LogP contribution in [0.15, 0.2) is 148 Å². The topological polar surface area (TPSA) is 16.4 Å². The summed E-state index contributed by atoms with van der Waals surface area (Å²) in [4.78, 5) is 5.16. The van der Waals surface area contributed by atoms with Gasteiger partial charge in [0, 0.05) is 37.5 Å². The molecule has 2 nitrogen and oxygen atoms in total. The van der Waals surface area contributed by atoms with Crippen LogP contribution < -0.4 is 21.3 Å². The van der Waals surface area contributed by atoms with Gasteiger partial charge in [0.15, 0.2) is 0 Å². The number of fused-ring (bicyclic) bond motifs is 7. The Morgan fingerprint density at radius 3 is 2.10 bits per heavy atom. The van der Waals surface area contributed by atoms with Crippen molar-refractivity contribution < 1.29 is 4.42 Å². The maximum Gasteiger partial charge on any atom is 0.249 e. The first kappa shape index (κ1) is 22.2. The first-order chi connectivity index (χ1) is 19.9. The fourth-order valence-electron chi connectivity index (χ4n) is 6.74. The standard InChI is InChI=1S/C36H22BNOS/c1-5-16-28(23(11-1)24-13-9-20-32-35(24)25-12-2-7-19-31(25)39-32)38-29-17-6-3-14-26(29)37-27-15-4-8-21-33(27)40-34-22-10-18-30(38)36(34)37/h1-22H. The molecule has 40 heavy (non-hydrogen) atoms. The molecule has 186 valence electrons. The van der Waals surface area contributed by atoms with Gasteiger partial charge in [-0.2, -0.15) is 0 Å². The Labute approximate surface area is 237 Å². The number of para-hydroxylation sites is 3. The highest BCUT2D eigenvalue weighted by Gasteiger charge is 2.40. The lowest BCUT2D eigenvalue weighted by molar-refractivity contribution is 0.669. The molecule has 0 spiro atoms. The molecule has 0 amide bonds. The highest BCUT2D eigenvalue weighted by molar-refractivity contribution is 8.00. The molecule has 0 atom stereocenters. The zero-order chi connectivity index (χ0) is 26.2. The molecule has 6 aromatic carbocycles. The molecule has 7 aromatic rings. The first-order valence-electron chi connectivity index (χ1n) is 13.7. The van der Waals surface area contributed by atoms with Crippen molar-refractivity contribution in [1.29, 1.82) is 0 Å². The van der Waals surface area contributed by atoms with Crippen LogP contribution in [0.5, 0.6) is 0 Å². The van der Waals surface area contributed by atoms with Crippen LogP contribution in [-0.4, -0.2) is 6.71 Å². The fraction of sp³-hybridized carbons (Fsp3) is 0. The Morgan fingerprint density at radius 2 is 1.15 bits per heavy atom. The third-order valence-corrected chi connectivity index (χ3v) is 9.52. The minimum Gasteiger partial charge on any atom is -0.456 e. The van der Waals surface area contributed by atoms with Gasteiger partial charge in [0.2, 0.25) is 6.71 Å². The van der Waals surface area contributed by atoms with Crippen molar-refractivity contribution in [2.45, 2.75) is 9.79 Å². The summed E-state index contributed by atoms with van der Waals surface area (Å²) in [5.74, 6) is 0. The summed E-state index contributed by atoms with van der Waals surface area (Å²) in [7, 11) is 0. The van der Waals surface area contributed by atoms with Crippen molar-refractivity contribution in [2.24, 2.45) is 0 Å². The molecule has 0 radical (unpaired) electrons. The van der Waals surface area contributed by atoms with E-state index in [4.69, 9.17) is 4.42 Å². The smallest absolute Gasteiger partial charge is 0.249 e. The molecule has 0 bridgehead atoms.